The maximum Gasteiger partial charge on any atom is 0.349 e. The van der Waals surface area contributed by atoms with E-state index in [1.54, 1.807) is 13.0 Å². The second kappa shape index (κ2) is 6.63. The van der Waals surface area contributed by atoms with Crippen LogP contribution < -0.4 is 10.9 Å². The van der Waals surface area contributed by atoms with Crippen LogP contribution in [0.5, 0.6) is 0 Å². The van der Waals surface area contributed by atoms with Gasteiger partial charge < -0.3 is 14.5 Å². The summed E-state index contributed by atoms with van der Waals surface area (Å²) in [6.07, 6.45) is 1.36. The third-order valence-electron chi connectivity index (χ3n) is 4.69. The number of aryl methyl sites for hydroxylation is 1. The van der Waals surface area contributed by atoms with Gasteiger partial charge in [-0.25, -0.2) is 13.6 Å². The molecule has 1 aromatic heterocycles. The Hall–Kier alpha value is -1.76. The van der Waals surface area contributed by atoms with Gasteiger partial charge >= 0.3 is 5.63 Å². The SMILES string of the molecule is Cc1cc(C2CCCO2)oc(=O)c1C(=O)NC1CCC(F)(F)CC1. The Balaban J connectivity index is 1.72. The molecule has 1 aliphatic heterocycles. The number of alkyl halides is 2. The van der Waals surface area contributed by atoms with E-state index in [1.807, 2.05) is 0 Å². The number of ether oxygens (including phenoxy) is 1. The zero-order valence-corrected chi connectivity index (χ0v) is 13.6. The summed E-state index contributed by atoms with van der Waals surface area (Å²) in [7, 11) is 0. The van der Waals surface area contributed by atoms with Gasteiger partial charge in [-0.05, 0) is 44.2 Å². The van der Waals surface area contributed by atoms with Gasteiger partial charge in [0.25, 0.3) is 5.91 Å². The molecule has 1 atom stereocenters. The van der Waals surface area contributed by atoms with Gasteiger partial charge in [0.05, 0.1) is 0 Å². The van der Waals surface area contributed by atoms with Gasteiger partial charge in [-0.1, -0.05) is 0 Å². The highest BCUT2D eigenvalue weighted by molar-refractivity contribution is 5.95. The van der Waals surface area contributed by atoms with Crippen molar-refractivity contribution < 1.29 is 22.7 Å². The summed E-state index contributed by atoms with van der Waals surface area (Å²) in [6.45, 7) is 2.29. The van der Waals surface area contributed by atoms with Crippen LogP contribution in [0.25, 0.3) is 0 Å². The van der Waals surface area contributed by atoms with Gasteiger partial charge in [0.1, 0.15) is 17.4 Å². The molecule has 2 aliphatic rings. The van der Waals surface area contributed by atoms with E-state index in [0.717, 1.165) is 12.8 Å². The van der Waals surface area contributed by atoms with Gasteiger partial charge in [0.2, 0.25) is 5.92 Å². The van der Waals surface area contributed by atoms with Crippen molar-refractivity contribution in [2.75, 3.05) is 6.61 Å². The molecule has 5 nitrogen and oxygen atoms in total. The second-order valence-corrected chi connectivity index (χ2v) is 6.60. The highest BCUT2D eigenvalue weighted by Crippen LogP contribution is 2.33. The van der Waals surface area contributed by atoms with Crippen LogP contribution in [0.4, 0.5) is 8.78 Å². The molecular formula is C17H21F2NO4. The smallest absolute Gasteiger partial charge is 0.349 e. The molecule has 1 saturated heterocycles. The maximum atomic E-state index is 13.2. The number of hydrogen-bond acceptors (Lipinski definition) is 4. The lowest BCUT2D eigenvalue weighted by Crippen LogP contribution is -2.42. The van der Waals surface area contributed by atoms with Gasteiger partial charge in [-0.2, -0.15) is 0 Å². The number of amides is 1. The third-order valence-corrected chi connectivity index (χ3v) is 4.69. The fraction of sp³-hybridized carbons (Fsp3) is 0.647. The van der Waals surface area contributed by atoms with E-state index < -0.39 is 17.5 Å². The molecule has 1 aliphatic carbocycles. The van der Waals surface area contributed by atoms with Crippen LogP contribution in [0.15, 0.2) is 15.3 Å². The van der Waals surface area contributed by atoms with E-state index in [9.17, 15) is 18.4 Å². The molecular weight excluding hydrogens is 320 g/mol. The first-order chi connectivity index (χ1) is 11.4. The fourth-order valence-corrected chi connectivity index (χ4v) is 3.31. The van der Waals surface area contributed by atoms with Crippen LogP contribution in [-0.2, 0) is 4.74 Å². The summed E-state index contributed by atoms with van der Waals surface area (Å²) in [5.74, 6) is -2.78. The van der Waals surface area contributed by atoms with Crippen LogP contribution in [0.2, 0.25) is 0 Å². The van der Waals surface area contributed by atoms with E-state index in [0.29, 0.717) is 17.9 Å². The molecule has 1 saturated carbocycles. The molecule has 1 N–H and O–H groups in total. The first kappa shape index (κ1) is 17.1. The molecule has 2 fully saturated rings. The molecule has 1 aromatic rings. The molecule has 3 rings (SSSR count). The average Bonchev–Trinajstić information content (AvgIpc) is 3.03. The lowest BCUT2D eigenvalue weighted by Gasteiger charge is -2.28. The van der Waals surface area contributed by atoms with Crippen molar-refractivity contribution in [2.45, 2.75) is 63.5 Å². The summed E-state index contributed by atoms with van der Waals surface area (Å²) in [5, 5.41) is 2.68. The van der Waals surface area contributed by atoms with Crippen molar-refractivity contribution in [1.29, 1.82) is 0 Å². The van der Waals surface area contributed by atoms with Gasteiger partial charge in [-0.15, -0.1) is 0 Å². The topological polar surface area (TPSA) is 68.5 Å². The van der Waals surface area contributed by atoms with Crippen LogP contribution in [0.1, 0.15) is 66.3 Å². The molecule has 0 aromatic carbocycles. The van der Waals surface area contributed by atoms with Gasteiger partial charge in [-0.3, -0.25) is 4.79 Å². The van der Waals surface area contributed by atoms with E-state index in [1.165, 1.54) is 0 Å². The Kier molecular flexibility index (Phi) is 4.71. The van der Waals surface area contributed by atoms with Crippen LogP contribution >= 0.6 is 0 Å². The Morgan fingerprint density at radius 1 is 1.29 bits per heavy atom. The molecule has 1 amide bonds. The van der Waals surface area contributed by atoms with E-state index in [-0.39, 0.29) is 43.4 Å². The normalized spacial score (nSPS) is 24.0. The molecule has 132 valence electrons. The first-order valence-corrected chi connectivity index (χ1v) is 8.31. The molecule has 1 unspecified atom stereocenters. The Bertz CT molecular complexity index is 670. The minimum atomic E-state index is -2.65. The fourth-order valence-electron chi connectivity index (χ4n) is 3.31. The standard InChI is InChI=1S/C17H21F2NO4/c1-10-9-13(12-3-2-8-23-12)24-16(22)14(10)15(21)20-11-4-6-17(18,19)7-5-11/h9,11-12H,2-8H2,1H3,(H,20,21). The van der Waals surface area contributed by atoms with E-state index >= 15 is 0 Å². The number of nitrogens with one attached hydrogen (secondary N) is 1. The lowest BCUT2D eigenvalue weighted by molar-refractivity contribution is -0.0399. The van der Waals surface area contributed by atoms with Crippen molar-refractivity contribution in [1.82, 2.24) is 5.32 Å². The number of halogens is 2. The number of carbonyl (C=O) groups is 1. The minimum Gasteiger partial charge on any atom is -0.424 e. The summed E-state index contributed by atoms with van der Waals surface area (Å²) >= 11 is 0. The van der Waals surface area contributed by atoms with E-state index in [4.69, 9.17) is 9.15 Å². The molecule has 0 radical (unpaired) electrons. The Labute approximate surface area is 138 Å². The highest BCUT2D eigenvalue weighted by atomic mass is 19.3. The average molecular weight is 341 g/mol. The predicted octanol–water partition coefficient (Wildman–Crippen LogP) is 3.11. The van der Waals surface area contributed by atoms with Gasteiger partial charge in [0, 0.05) is 25.5 Å². The predicted molar refractivity (Wildman–Crippen MR) is 82.3 cm³/mol. The number of hydrogen-bond donors (Lipinski definition) is 1. The summed E-state index contributed by atoms with van der Waals surface area (Å²) < 4.78 is 37.1. The molecule has 7 heteroatoms. The zero-order valence-electron chi connectivity index (χ0n) is 13.6. The molecule has 0 bridgehead atoms. The van der Waals surface area contributed by atoms with Crippen molar-refractivity contribution in [2.24, 2.45) is 0 Å². The summed E-state index contributed by atoms with van der Waals surface area (Å²) in [4.78, 5) is 24.6. The molecule has 0 spiro atoms. The van der Waals surface area contributed by atoms with Crippen LogP contribution in [0.3, 0.4) is 0 Å². The highest BCUT2D eigenvalue weighted by Gasteiger charge is 2.35. The van der Waals surface area contributed by atoms with Crippen LogP contribution in [0, 0.1) is 6.92 Å². The third kappa shape index (κ3) is 3.66. The Morgan fingerprint density at radius 3 is 2.58 bits per heavy atom. The summed E-state index contributed by atoms with van der Waals surface area (Å²) in [5.41, 5.74) is -0.261. The van der Waals surface area contributed by atoms with Crippen molar-refractivity contribution >= 4 is 5.91 Å². The minimum absolute atomic E-state index is 0.0610. The lowest BCUT2D eigenvalue weighted by atomic mass is 9.92. The van der Waals surface area contributed by atoms with Gasteiger partial charge in [0.15, 0.2) is 0 Å². The first-order valence-electron chi connectivity index (χ1n) is 8.31. The quantitative estimate of drug-likeness (QED) is 0.917. The molecule has 2 heterocycles. The number of carbonyl (C=O) groups excluding carboxylic acids is 1. The molecule has 24 heavy (non-hydrogen) atoms. The van der Waals surface area contributed by atoms with Crippen LogP contribution in [-0.4, -0.2) is 24.5 Å². The van der Waals surface area contributed by atoms with Crippen molar-refractivity contribution in [3.05, 3.63) is 33.4 Å². The summed E-state index contributed by atoms with van der Waals surface area (Å²) in [6, 6.07) is 1.31. The van der Waals surface area contributed by atoms with Crippen molar-refractivity contribution in [3.63, 3.8) is 0 Å². The second-order valence-electron chi connectivity index (χ2n) is 6.60. The largest absolute Gasteiger partial charge is 0.424 e. The maximum absolute atomic E-state index is 13.2. The van der Waals surface area contributed by atoms with E-state index in [2.05, 4.69) is 5.32 Å². The Morgan fingerprint density at radius 2 is 2.00 bits per heavy atom. The number of rotatable bonds is 3. The monoisotopic (exact) mass is 341 g/mol. The zero-order chi connectivity index (χ0) is 17.3. The van der Waals surface area contributed by atoms with Crippen molar-refractivity contribution in [3.8, 4) is 0 Å².